The van der Waals surface area contributed by atoms with Gasteiger partial charge in [-0.2, -0.15) is 5.10 Å². The molecule has 0 radical (unpaired) electrons. The van der Waals surface area contributed by atoms with Gasteiger partial charge in [0.2, 0.25) is 5.91 Å². The number of amides is 1. The van der Waals surface area contributed by atoms with Crippen molar-refractivity contribution in [3.63, 3.8) is 0 Å². The van der Waals surface area contributed by atoms with Gasteiger partial charge in [-0.3, -0.25) is 9.48 Å². The maximum Gasteiger partial charge on any atom is 0.224 e. The minimum absolute atomic E-state index is 0.0866. The van der Waals surface area contributed by atoms with Crippen molar-refractivity contribution in [1.82, 2.24) is 15.1 Å². The van der Waals surface area contributed by atoms with Crippen LogP contribution in [0.5, 0.6) is 0 Å². The van der Waals surface area contributed by atoms with Gasteiger partial charge in [-0.25, -0.2) is 0 Å². The molecule has 1 saturated carbocycles. The first-order valence-corrected chi connectivity index (χ1v) is 7.96. The van der Waals surface area contributed by atoms with Crippen LogP contribution < -0.4 is 5.32 Å². The Bertz CT molecular complexity index is 609. The molecule has 1 aromatic heterocycles. The number of benzene rings is 1. The third-order valence-corrected chi connectivity index (χ3v) is 4.36. The Morgan fingerprint density at radius 2 is 2.24 bits per heavy atom. The molecule has 1 aromatic carbocycles. The topological polar surface area (TPSA) is 46.9 Å². The number of carbonyl (C=O) groups excluding carboxylic acids is 1. The Balaban J connectivity index is 1.52. The van der Waals surface area contributed by atoms with Gasteiger partial charge < -0.3 is 5.32 Å². The molecule has 0 aliphatic heterocycles. The summed E-state index contributed by atoms with van der Waals surface area (Å²) in [6, 6.07) is 10.2. The Morgan fingerprint density at radius 1 is 1.48 bits per heavy atom. The molecule has 3 rings (SSSR count). The maximum atomic E-state index is 12.2. The predicted octanol–water partition coefficient (Wildman–Crippen LogP) is 2.95. The summed E-state index contributed by atoms with van der Waals surface area (Å²) in [6.45, 7) is 2.71. The summed E-state index contributed by atoms with van der Waals surface area (Å²) in [5, 5.41) is 7.24. The van der Waals surface area contributed by atoms with Gasteiger partial charge in [0, 0.05) is 28.8 Å². The molecule has 1 fully saturated rings. The number of aromatic nitrogens is 2. The van der Waals surface area contributed by atoms with E-state index < -0.39 is 0 Å². The molecule has 5 heteroatoms. The molecule has 21 heavy (non-hydrogen) atoms. The molecule has 0 saturated heterocycles. The second-order valence-electron chi connectivity index (χ2n) is 5.64. The molecule has 1 amide bonds. The molecule has 1 N–H and O–H groups in total. The van der Waals surface area contributed by atoms with Crippen LogP contribution in [0.1, 0.15) is 24.8 Å². The van der Waals surface area contributed by atoms with E-state index in [1.807, 2.05) is 36.0 Å². The zero-order valence-corrected chi connectivity index (χ0v) is 13.5. The third kappa shape index (κ3) is 3.53. The highest BCUT2D eigenvalue weighted by Crippen LogP contribution is 2.47. The van der Waals surface area contributed by atoms with Crippen LogP contribution in [0.4, 0.5) is 0 Å². The van der Waals surface area contributed by atoms with E-state index in [4.69, 9.17) is 0 Å². The van der Waals surface area contributed by atoms with Crippen molar-refractivity contribution >= 4 is 21.8 Å². The van der Waals surface area contributed by atoms with E-state index in [0.29, 0.717) is 12.5 Å². The Hall–Kier alpha value is -1.62. The first-order valence-electron chi connectivity index (χ1n) is 7.17. The Kier molecular flexibility index (Phi) is 4.10. The molecule has 110 valence electrons. The van der Waals surface area contributed by atoms with Crippen molar-refractivity contribution in [2.45, 2.75) is 31.8 Å². The van der Waals surface area contributed by atoms with Crippen LogP contribution >= 0.6 is 15.9 Å². The fraction of sp³-hybridized carbons (Fsp3) is 0.375. The van der Waals surface area contributed by atoms with Gasteiger partial charge in [-0.15, -0.1) is 0 Å². The van der Waals surface area contributed by atoms with Gasteiger partial charge in [-0.05, 0) is 43.0 Å². The largest absolute Gasteiger partial charge is 0.352 e. The highest BCUT2D eigenvalue weighted by Gasteiger charge is 2.44. The quantitative estimate of drug-likeness (QED) is 0.903. The van der Waals surface area contributed by atoms with Crippen molar-refractivity contribution in [3.8, 4) is 0 Å². The highest BCUT2D eigenvalue weighted by molar-refractivity contribution is 9.10. The van der Waals surface area contributed by atoms with Crippen LogP contribution in [-0.4, -0.2) is 21.7 Å². The van der Waals surface area contributed by atoms with Crippen LogP contribution in [0.15, 0.2) is 47.2 Å². The number of nitrogens with zero attached hydrogens (tertiary/aromatic N) is 2. The average molecular weight is 348 g/mol. The molecular formula is C16H18BrN3O. The van der Waals surface area contributed by atoms with Crippen molar-refractivity contribution < 1.29 is 4.79 Å². The molecule has 4 nitrogen and oxygen atoms in total. The predicted molar refractivity (Wildman–Crippen MR) is 84.8 cm³/mol. The van der Waals surface area contributed by atoms with Gasteiger partial charge in [-0.1, -0.05) is 28.1 Å². The van der Waals surface area contributed by atoms with E-state index >= 15 is 0 Å². The molecule has 0 bridgehead atoms. The minimum atomic E-state index is 0.0866. The molecule has 3 atom stereocenters. The Morgan fingerprint density at radius 3 is 2.90 bits per heavy atom. The smallest absolute Gasteiger partial charge is 0.224 e. The highest BCUT2D eigenvalue weighted by atomic mass is 79.9. The van der Waals surface area contributed by atoms with Gasteiger partial charge in [0.1, 0.15) is 0 Å². The van der Waals surface area contributed by atoms with Crippen LogP contribution in [0, 0.1) is 5.92 Å². The lowest BCUT2D eigenvalue weighted by Gasteiger charge is -2.14. The lowest BCUT2D eigenvalue weighted by Crippen LogP contribution is -2.37. The van der Waals surface area contributed by atoms with Gasteiger partial charge in [0.15, 0.2) is 0 Å². The average Bonchev–Trinajstić information content (AvgIpc) is 3.10. The van der Waals surface area contributed by atoms with Crippen LogP contribution in [-0.2, 0) is 11.3 Å². The van der Waals surface area contributed by atoms with E-state index in [-0.39, 0.29) is 17.9 Å². The molecule has 1 aliphatic rings. The lowest BCUT2D eigenvalue weighted by molar-refractivity contribution is -0.123. The minimum Gasteiger partial charge on any atom is -0.352 e. The summed E-state index contributed by atoms with van der Waals surface area (Å²) in [4.78, 5) is 12.2. The number of rotatable bonds is 5. The van der Waals surface area contributed by atoms with Crippen molar-refractivity contribution in [2.75, 3.05) is 0 Å². The van der Waals surface area contributed by atoms with Crippen molar-refractivity contribution in [3.05, 3.63) is 52.8 Å². The summed E-state index contributed by atoms with van der Waals surface area (Å²) in [5.41, 5.74) is 1.25. The number of carbonyl (C=O) groups is 1. The van der Waals surface area contributed by atoms with Gasteiger partial charge >= 0.3 is 0 Å². The standard InChI is InChI=1S/C16H18BrN3O/c1-11(10-20-8-2-7-18-20)19-16(21)15-9-14(15)12-3-5-13(17)6-4-12/h2-8,11,14-15H,9-10H2,1H3,(H,19,21)/t11-,14+,15-/m1/s1. The second-order valence-corrected chi connectivity index (χ2v) is 6.55. The van der Waals surface area contributed by atoms with Crippen LogP contribution in [0.25, 0.3) is 0 Å². The van der Waals surface area contributed by atoms with Crippen LogP contribution in [0.3, 0.4) is 0 Å². The fourth-order valence-electron chi connectivity index (χ4n) is 2.65. The summed E-state index contributed by atoms with van der Waals surface area (Å²) in [6.07, 6.45) is 4.60. The van der Waals surface area contributed by atoms with E-state index in [1.165, 1.54) is 5.56 Å². The SMILES string of the molecule is C[C@H](Cn1cccn1)NC(=O)[C@@H]1C[C@H]1c1ccc(Br)cc1. The lowest BCUT2D eigenvalue weighted by atomic mass is 10.1. The molecule has 0 spiro atoms. The van der Waals surface area contributed by atoms with E-state index in [0.717, 1.165) is 10.9 Å². The molecule has 2 aromatic rings. The van der Waals surface area contributed by atoms with Crippen molar-refractivity contribution in [2.24, 2.45) is 5.92 Å². The van der Waals surface area contributed by atoms with E-state index in [2.05, 4.69) is 38.5 Å². The molecular weight excluding hydrogens is 330 g/mol. The first-order chi connectivity index (χ1) is 10.1. The van der Waals surface area contributed by atoms with Gasteiger partial charge in [0.25, 0.3) is 0 Å². The molecule has 0 unspecified atom stereocenters. The van der Waals surface area contributed by atoms with E-state index in [1.54, 1.807) is 6.20 Å². The Labute approximate surface area is 132 Å². The third-order valence-electron chi connectivity index (χ3n) is 3.83. The number of halogens is 1. The van der Waals surface area contributed by atoms with E-state index in [9.17, 15) is 4.79 Å². The van der Waals surface area contributed by atoms with Crippen molar-refractivity contribution in [1.29, 1.82) is 0 Å². The van der Waals surface area contributed by atoms with Gasteiger partial charge in [0.05, 0.1) is 6.54 Å². The number of hydrogen-bond acceptors (Lipinski definition) is 2. The zero-order chi connectivity index (χ0) is 14.8. The zero-order valence-electron chi connectivity index (χ0n) is 11.9. The number of nitrogens with one attached hydrogen (secondary N) is 1. The normalized spacial score (nSPS) is 21.8. The van der Waals surface area contributed by atoms with Crippen LogP contribution in [0.2, 0.25) is 0 Å². The fourth-order valence-corrected chi connectivity index (χ4v) is 2.91. The summed E-state index contributed by atoms with van der Waals surface area (Å²) >= 11 is 3.43. The number of hydrogen-bond donors (Lipinski definition) is 1. The molecule has 1 heterocycles. The second kappa shape index (κ2) is 6.02. The summed E-state index contributed by atoms with van der Waals surface area (Å²) < 4.78 is 2.91. The molecule has 1 aliphatic carbocycles. The first kappa shape index (κ1) is 14.3. The maximum absolute atomic E-state index is 12.2. The summed E-state index contributed by atoms with van der Waals surface area (Å²) in [7, 11) is 0. The monoisotopic (exact) mass is 347 g/mol. The summed E-state index contributed by atoms with van der Waals surface area (Å²) in [5.74, 6) is 0.642.